The number of hydrogen-bond donors (Lipinski definition) is 3. The summed E-state index contributed by atoms with van der Waals surface area (Å²) in [5.74, 6) is 1.74. The Morgan fingerprint density at radius 1 is 0.520 bits per heavy atom. The summed E-state index contributed by atoms with van der Waals surface area (Å²) in [6, 6.07) is 51.2. The molecule has 0 radical (unpaired) electrons. The van der Waals surface area contributed by atoms with Crippen LogP contribution in [0.5, 0.6) is 0 Å². The van der Waals surface area contributed by atoms with Crippen LogP contribution in [0.25, 0.3) is 55.7 Å². The van der Waals surface area contributed by atoms with Gasteiger partial charge in [0.05, 0.1) is 54.7 Å². The fourth-order valence-electron chi connectivity index (χ4n) is 15.5. The summed E-state index contributed by atoms with van der Waals surface area (Å²) < 4.78 is 91.7. The zero-order valence-electron chi connectivity index (χ0n) is 56.5. The molecule has 4 N–H and O–H groups in total. The fraction of sp³-hybridized carbons (Fsp3) is 0.351. The molecule has 4 aliphatic carbocycles. The minimum atomic E-state index is -3.50. The number of aromatic nitrogens is 6. The van der Waals surface area contributed by atoms with Gasteiger partial charge < -0.3 is 25.5 Å². The Balaban J connectivity index is 0.000000163. The predicted octanol–water partition coefficient (Wildman–Crippen LogP) is 14.4. The maximum atomic E-state index is 13.4. The molecule has 4 unspecified atom stereocenters. The lowest BCUT2D eigenvalue weighted by molar-refractivity contribution is 0.0341. The van der Waals surface area contributed by atoms with Crippen LogP contribution >= 0.6 is 46.4 Å². The van der Waals surface area contributed by atoms with Crippen LogP contribution in [0.4, 0.5) is 11.9 Å². The molecular formula is C74H80Cl4N12O8S4. The van der Waals surface area contributed by atoms with E-state index in [1.807, 2.05) is 68.4 Å². The lowest BCUT2D eigenvalue weighted by atomic mass is 9.77. The molecule has 0 spiro atoms. The van der Waals surface area contributed by atoms with Crippen LogP contribution in [0.2, 0.25) is 10.0 Å². The van der Waals surface area contributed by atoms with Crippen molar-refractivity contribution in [1.82, 2.24) is 42.6 Å². The Kier molecular flexibility index (Phi) is 24.7. The van der Waals surface area contributed by atoms with Gasteiger partial charge in [0.25, 0.3) is 0 Å². The first-order valence-electron chi connectivity index (χ1n) is 33.7. The van der Waals surface area contributed by atoms with E-state index in [2.05, 4.69) is 114 Å². The van der Waals surface area contributed by atoms with E-state index in [9.17, 15) is 16.8 Å². The lowest BCUT2D eigenvalue weighted by Gasteiger charge is -2.49. The number of benzene rings is 6. The highest BCUT2D eigenvalue weighted by Crippen LogP contribution is 2.53. The molecule has 102 heavy (non-hydrogen) atoms. The molecule has 1 saturated heterocycles. The minimum absolute atomic E-state index is 0.00383. The molecule has 28 heteroatoms. The summed E-state index contributed by atoms with van der Waals surface area (Å²) in [7, 11) is -6.97. The number of para-hydroxylation sites is 4. The topological polar surface area (TPSA) is 258 Å². The van der Waals surface area contributed by atoms with Crippen molar-refractivity contribution < 1.29 is 33.7 Å². The zero-order valence-corrected chi connectivity index (χ0v) is 62.8. The van der Waals surface area contributed by atoms with Crippen molar-refractivity contribution in [3.63, 3.8) is 0 Å². The molecule has 10 aromatic rings. The number of alkyl halides is 2. The first-order valence-corrected chi connectivity index (χ1v) is 39.8. The number of nitrogens with zero attached hydrogens (tertiary/aromatic N) is 9. The van der Waals surface area contributed by atoms with E-state index in [1.165, 1.54) is 4.31 Å². The number of aryl methyl sites for hydroxylation is 2. The number of nitrogens with two attached hydrogens (primary N) is 1. The maximum absolute atomic E-state index is 13.4. The quantitative estimate of drug-likeness (QED) is 0.0716. The van der Waals surface area contributed by atoms with Crippen LogP contribution in [0.1, 0.15) is 88.2 Å². The fourth-order valence-corrected chi connectivity index (χ4v) is 19.3. The van der Waals surface area contributed by atoms with E-state index in [0.717, 1.165) is 157 Å². The first-order chi connectivity index (χ1) is 49.1. The molecule has 5 heterocycles. The Morgan fingerprint density at radius 2 is 0.951 bits per heavy atom. The van der Waals surface area contributed by atoms with Crippen molar-refractivity contribution >= 4 is 123 Å². The van der Waals surface area contributed by atoms with Crippen LogP contribution in [-0.4, -0.2) is 149 Å². The van der Waals surface area contributed by atoms with Crippen molar-refractivity contribution in [3.05, 3.63) is 204 Å². The number of sulfonamides is 2. The molecule has 4 bridgehead atoms. The van der Waals surface area contributed by atoms with E-state index in [-0.39, 0.29) is 51.9 Å². The highest BCUT2D eigenvalue weighted by molar-refractivity contribution is 7.89. The molecule has 1 aliphatic heterocycles. The summed E-state index contributed by atoms with van der Waals surface area (Å²) >= 11 is 23.2. The van der Waals surface area contributed by atoms with Gasteiger partial charge in [0.1, 0.15) is 0 Å². The Bertz CT molecular complexity index is 4860. The van der Waals surface area contributed by atoms with Gasteiger partial charge in [-0.25, -0.2) is 36.8 Å². The predicted molar refractivity (Wildman–Crippen MR) is 407 cm³/mol. The highest BCUT2D eigenvalue weighted by atomic mass is 35.5. The van der Waals surface area contributed by atoms with Crippen molar-refractivity contribution in [1.29, 1.82) is 0 Å². The minimum Gasteiger partial charge on any atom is -0.349 e. The van der Waals surface area contributed by atoms with Crippen molar-refractivity contribution in [2.24, 2.45) is 5.73 Å². The Hall–Kier alpha value is -7.30. The molecular weight excluding hydrogens is 1450 g/mol. The van der Waals surface area contributed by atoms with Gasteiger partial charge in [0.2, 0.25) is 31.9 Å². The molecule has 4 atom stereocenters. The molecule has 4 aromatic heterocycles. The lowest BCUT2D eigenvalue weighted by Crippen LogP contribution is -2.59. The van der Waals surface area contributed by atoms with E-state index < -0.39 is 43.2 Å². The van der Waals surface area contributed by atoms with Gasteiger partial charge in [-0.05, 0) is 152 Å². The van der Waals surface area contributed by atoms with Gasteiger partial charge in [0.15, 0.2) is 0 Å². The van der Waals surface area contributed by atoms with Gasteiger partial charge in [-0.15, -0.1) is 23.2 Å². The van der Waals surface area contributed by atoms with Gasteiger partial charge in [0, 0.05) is 119 Å². The van der Waals surface area contributed by atoms with Crippen LogP contribution < -0.4 is 16.4 Å². The van der Waals surface area contributed by atoms with Gasteiger partial charge in [-0.3, -0.25) is 4.90 Å². The maximum Gasteiger partial charge on any atom is 0.335 e. The summed E-state index contributed by atoms with van der Waals surface area (Å²) in [5.41, 5.74) is 16.4. The summed E-state index contributed by atoms with van der Waals surface area (Å²) in [5, 5.41) is 10.7. The number of anilines is 2. The molecule has 6 aromatic carbocycles. The number of halogens is 4. The largest absolute Gasteiger partial charge is 0.349 e. The smallest absolute Gasteiger partial charge is 0.335 e. The van der Waals surface area contributed by atoms with Crippen molar-refractivity contribution in [3.8, 4) is 33.9 Å². The van der Waals surface area contributed by atoms with Crippen LogP contribution in [0.3, 0.4) is 0 Å². The average Bonchev–Trinajstić information content (AvgIpc) is 1.60. The molecule has 5 fully saturated rings. The highest BCUT2D eigenvalue weighted by Gasteiger charge is 2.55. The number of piperazine rings is 1. The number of nitrogens with one attached hydrogen (secondary N) is 2. The van der Waals surface area contributed by atoms with Gasteiger partial charge in [-0.2, -0.15) is 25.4 Å². The van der Waals surface area contributed by atoms with Gasteiger partial charge in [-0.1, -0.05) is 131 Å². The molecule has 20 nitrogen and oxygen atoms in total. The standard InChI is InChI=1S/C37H39ClN6O2S.C26H26ClN5.C11H15Cl2NO2S.2O2S/c1-27-12-14-29(15-13-27)47(45,46)43-22-20-42(21-23-43)37-17-7-16-36(26-37,18-19-37)41-35-39-24-32(38)34(40-35)31-25-44(28-8-3-2-4-9-28)33-11-6-5-10-30(31)33;27-21-15-29-24(31-26-12-6-11-25(28,17-26)13-14-26)30-23(21)20-16-32(18-7-2-1-3-8-18)22-10-5-4-9-19(20)22;1-10-2-4-11(5-3-10)17(15,16)14(8-6-12)9-7-13;2*1-3-2/h2-6,8-15,24-25H,7,16-23,26H2,1H3,(H,39,40,41);1-5,7-10,15-16H,6,11-14,17,28H2,(H,29,30,31);2-5H,6-9H2,1H3;;. The van der Waals surface area contributed by atoms with Crippen LogP contribution in [-0.2, 0) is 43.2 Å². The second-order valence-corrected chi connectivity index (χ2v) is 32.4. The van der Waals surface area contributed by atoms with Crippen molar-refractivity contribution in [2.45, 2.75) is 123 Å². The molecule has 0 amide bonds. The Labute approximate surface area is 622 Å². The van der Waals surface area contributed by atoms with E-state index in [0.29, 0.717) is 39.9 Å². The number of fused-ring (bicyclic) bond motifs is 6. The summed E-state index contributed by atoms with van der Waals surface area (Å²) in [6.07, 6.45) is 20.6. The zero-order chi connectivity index (χ0) is 72.3. The van der Waals surface area contributed by atoms with E-state index in [4.69, 9.17) is 78.9 Å². The third-order valence-electron chi connectivity index (χ3n) is 20.3. The van der Waals surface area contributed by atoms with E-state index >= 15 is 0 Å². The Morgan fingerprint density at radius 3 is 1.43 bits per heavy atom. The molecule has 536 valence electrons. The second-order valence-electron chi connectivity index (χ2n) is 26.7. The third-order valence-corrected chi connectivity index (χ3v) is 25.0. The number of rotatable bonds is 17. The number of hydrogen-bond acceptors (Lipinski definition) is 16. The first kappa shape index (κ1) is 75.8. The normalized spacial score (nSPS) is 20.9. The molecule has 5 aliphatic rings. The second kappa shape index (κ2) is 33.2. The van der Waals surface area contributed by atoms with Crippen molar-refractivity contribution in [2.75, 3.05) is 61.7 Å². The summed E-state index contributed by atoms with van der Waals surface area (Å²) in [6.45, 7) is 6.93. The van der Waals surface area contributed by atoms with E-state index in [1.54, 1.807) is 53.1 Å². The van der Waals surface area contributed by atoms with Crippen LogP contribution in [0.15, 0.2) is 192 Å². The van der Waals surface area contributed by atoms with Crippen LogP contribution in [0, 0.1) is 13.8 Å². The monoisotopic (exact) mass is 1530 g/mol. The average molecular weight is 1540 g/mol. The molecule has 4 saturated carbocycles. The third kappa shape index (κ3) is 16.9. The summed E-state index contributed by atoms with van der Waals surface area (Å²) in [4.78, 5) is 22.4. The SMILES string of the molecule is Cc1ccc(S(=O)(=O)N(CCCl)CCCl)cc1.Cc1ccc(S(=O)(=O)N2CCN(C34CCCC(Nc5ncc(Cl)c(-c6cn(-c7ccccc7)c7ccccc67)n5)(CC3)C4)CC2)cc1.NC12CCCC(Nc3ncc(Cl)c(-c4cn(-c5ccccc5)c5ccccc45)n3)(CC1)C2.O=S=O.O=S=O. The van der Waals surface area contributed by atoms with Gasteiger partial charge >= 0.3 is 23.1 Å². The molecule has 15 rings (SSSR count).